The van der Waals surface area contributed by atoms with Gasteiger partial charge in [0.25, 0.3) is 0 Å². The van der Waals surface area contributed by atoms with Crippen molar-refractivity contribution < 1.29 is 4.74 Å². The number of rotatable bonds is 2. The van der Waals surface area contributed by atoms with Crippen molar-refractivity contribution in [3.05, 3.63) is 33.8 Å². The summed E-state index contributed by atoms with van der Waals surface area (Å²) in [5, 5.41) is 0. The van der Waals surface area contributed by atoms with Crippen LogP contribution in [0.25, 0.3) is 0 Å². The first-order chi connectivity index (χ1) is 9.10. The predicted octanol–water partition coefficient (Wildman–Crippen LogP) is 4.11. The van der Waals surface area contributed by atoms with Crippen LogP contribution in [0.15, 0.2) is 22.7 Å². The molecule has 0 bridgehead atoms. The third-order valence-corrected chi connectivity index (χ3v) is 5.74. The van der Waals surface area contributed by atoms with Gasteiger partial charge in [-0.15, -0.1) is 0 Å². The fraction of sp³-hybridized carbons (Fsp3) is 0.625. The standard InChI is InChI=1S/C16H22BrNO/c1-11-3-4-12(9-14(11)17)15(18)13-5-8-19-16(10-13)6-2-7-16/h3-4,9,13,15H,2,5-8,10,18H2,1H3. The van der Waals surface area contributed by atoms with E-state index in [1.54, 1.807) is 0 Å². The van der Waals surface area contributed by atoms with E-state index in [0.29, 0.717) is 5.92 Å². The molecule has 0 amide bonds. The van der Waals surface area contributed by atoms with E-state index >= 15 is 0 Å². The van der Waals surface area contributed by atoms with E-state index in [2.05, 4.69) is 41.1 Å². The van der Waals surface area contributed by atoms with E-state index in [1.165, 1.54) is 30.4 Å². The number of nitrogens with two attached hydrogens (primary N) is 1. The first kappa shape index (κ1) is 13.6. The highest BCUT2D eigenvalue weighted by molar-refractivity contribution is 9.10. The molecule has 104 valence electrons. The summed E-state index contributed by atoms with van der Waals surface area (Å²) in [6.07, 6.45) is 6.01. The lowest BCUT2D eigenvalue weighted by Crippen LogP contribution is -2.47. The second-order valence-corrected chi connectivity index (χ2v) is 7.03. The Hall–Kier alpha value is -0.380. The molecule has 2 atom stereocenters. The number of ether oxygens (including phenoxy) is 1. The van der Waals surface area contributed by atoms with Crippen molar-refractivity contribution >= 4 is 15.9 Å². The summed E-state index contributed by atoms with van der Waals surface area (Å²) in [7, 11) is 0. The van der Waals surface area contributed by atoms with Crippen molar-refractivity contribution in [2.24, 2.45) is 11.7 Å². The second kappa shape index (κ2) is 5.19. The molecule has 1 aliphatic heterocycles. The fourth-order valence-corrected chi connectivity index (χ4v) is 3.78. The zero-order chi connectivity index (χ0) is 13.5. The molecule has 2 nitrogen and oxygen atoms in total. The van der Waals surface area contributed by atoms with Crippen LogP contribution in [0.2, 0.25) is 0 Å². The van der Waals surface area contributed by atoms with Gasteiger partial charge in [0.1, 0.15) is 0 Å². The topological polar surface area (TPSA) is 35.2 Å². The molecule has 19 heavy (non-hydrogen) atoms. The molecule has 2 N–H and O–H groups in total. The summed E-state index contributed by atoms with van der Waals surface area (Å²) < 4.78 is 7.15. The highest BCUT2D eigenvalue weighted by Crippen LogP contribution is 2.46. The van der Waals surface area contributed by atoms with Crippen molar-refractivity contribution in [3.63, 3.8) is 0 Å². The van der Waals surface area contributed by atoms with Crippen molar-refractivity contribution in [2.45, 2.75) is 50.7 Å². The van der Waals surface area contributed by atoms with Gasteiger partial charge in [-0.1, -0.05) is 28.1 Å². The minimum absolute atomic E-state index is 0.137. The van der Waals surface area contributed by atoms with Gasteiger partial charge in [-0.2, -0.15) is 0 Å². The summed E-state index contributed by atoms with van der Waals surface area (Å²) in [5.41, 5.74) is 9.21. The number of hydrogen-bond acceptors (Lipinski definition) is 2. The van der Waals surface area contributed by atoms with Crippen molar-refractivity contribution in [1.82, 2.24) is 0 Å². The van der Waals surface area contributed by atoms with Crippen LogP contribution < -0.4 is 5.73 Å². The van der Waals surface area contributed by atoms with Gasteiger partial charge in [-0.3, -0.25) is 0 Å². The molecule has 0 radical (unpaired) electrons. The molecule has 3 heteroatoms. The van der Waals surface area contributed by atoms with E-state index in [-0.39, 0.29) is 11.6 Å². The average molecular weight is 324 g/mol. The van der Waals surface area contributed by atoms with Gasteiger partial charge in [0.15, 0.2) is 0 Å². The second-order valence-electron chi connectivity index (χ2n) is 6.17. The molecule has 1 saturated heterocycles. The number of hydrogen-bond donors (Lipinski definition) is 1. The largest absolute Gasteiger partial charge is 0.375 e. The predicted molar refractivity (Wildman–Crippen MR) is 81.1 cm³/mol. The molecule has 1 aliphatic carbocycles. The van der Waals surface area contributed by atoms with Crippen LogP contribution in [0, 0.1) is 12.8 Å². The van der Waals surface area contributed by atoms with Crippen molar-refractivity contribution in [3.8, 4) is 0 Å². The molecule has 1 heterocycles. The minimum atomic E-state index is 0.137. The van der Waals surface area contributed by atoms with Gasteiger partial charge >= 0.3 is 0 Å². The maximum absolute atomic E-state index is 6.51. The van der Waals surface area contributed by atoms with E-state index < -0.39 is 0 Å². The molecule has 1 aromatic carbocycles. The monoisotopic (exact) mass is 323 g/mol. The first-order valence-electron chi connectivity index (χ1n) is 7.25. The minimum Gasteiger partial charge on any atom is -0.375 e. The molecule has 1 aromatic rings. The Kier molecular flexibility index (Phi) is 3.71. The maximum atomic E-state index is 6.51. The van der Waals surface area contributed by atoms with E-state index in [1.807, 2.05) is 0 Å². The van der Waals surface area contributed by atoms with Crippen LogP contribution in [0.1, 0.15) is 49.3 Å². The molecule has 2 aliphatic rings. The zero-order valence-corrected chi connectivity index (χ0v) is 13.1. The Labute approximate surface area is 123 Å². The van der Waals surface area contributed by atoms with Crippen LogP contribution in [0.4, 0.5) is 0 Å². The molecule has 0 aromatic heterocycles. The van der Waals surface area contributed by atoms with Gasteiger partial charge < -0.3 is 10.5 Å². The van der Waals surface area contributed by atoms with Gasteiger partial charge in [-0.05, 0) is 62.1 Å². The lowest BCUT2D eigenvalue weighted by Gasteiger charge is -2.48. The Bertz CT molecular complexity index is 470. The van der Waals surface area contributed by atoms with Gasteiger partial charge in [0, 0.05) is 17.1 Å². The Morgan fingerprint density at radius 1 is 1.42 bits per heavy atom. The molecule has 1 spiro atoms. The molecule has 1 saturated carbocycles. The van der Waals surface area contributed by atoms with Crippen LogP contribution in [0.5, 0.6) is 0 Å². The average Bonchev–Trinajstić information content (AvgIpc) is 2.39. The molecule has 2 unspecified atom stereocenters. The summed E-state index contributed by atoms with van der Waals surface area (Å²) in [4.78, 5) is 0. The number of halogens is 1. The van der Waals surface area contributed by atoms with Crippen LogP contribution in [-0.4, -0.2) is 12.2 Å². The van der Waals surface area contributed by atoms with Crippen LogP contribution in [0.3, 0.4) is 0 Å². The smallest absolute Gasteiger partial charge is 0.0686 e. The summed E-state index contributed by atoms with van der Waals surface area (Å²) >= 11 is 3.61. The fourth-order valence-electron chi connectivity index (χ4n) is 3.38. The van der Waals surface area contributed by atoms with Gasteiger partial charge in [0.2, 0.25) is 0 Å². The number of aryl methyl sites for hydroxylation is 1. The highest BCUT2D eigenvalue weighted by Gasteiger charge is 2.43. The number of benzene rings is 1. The molecular weight excluding hydrogens is 302 g/mol. The van der Waals surface area contributed by atoms with Crippen LogP contribution in [-0.2, 0) is 4.74 Å². The first-order valence-corrected chi connectivity index (χ1v) is 8.05. The normalized spacial score (nSPS) is 27.0. The highest BCUT2D eigenvalue weighted by atomic mass is 79.9. The molecule has 2 fully saturated rings. The summed E-state index contributed by atoms with van der Waals surface area (Å²) in [5.74, 6) is 0.559. The lowest BCUT2D eigenvalue weighted by atomic mass is 9.70. The Morgan fingerprint density at radius 2 is 2.21 bits per heavy atom. The quantitative estimate of drug-likeness (QED) is 0.889. The maximum Gasteiger partial charge on any atom is 0.0686 e. The zero-order valence-electron chi connectivity index (χ0n) is 11.5. The van der Waals surface area contributed by atoms with E-state index in [9.17, 15) is 0 Å². The third kappa shape index (κ3) is 2.61. The lowest BCUT2D eigenvalue weighted by molar-refractivity contribution is -0.146. The Balaban J connectivity index is 1.75. The molecular formula is C16H22BrNO. The Morgan fingerprint density at radius 3 is 2.84 bits per heavy atom. The van der Waals surface area contributed by atoms with E-state index in [4.69, 9.17) is 10.5 Å². The van der Waals surface area contributed by atoms with Crippen LogP contribution >= 0.6 is 15.9 Å². The summed E-state index contributed by atoms with van der Waals surface area (Å²) in [6.45, 7) is 2.99. The van der Waals surface area contributed by atoms with Crippen molar-refractivity contribution in [2.75, 3.05) is 6.61 Å². The summed E-state index contributed by atoms with van der Waals surface area (Å²) in [6, 6.07) is 6.65. The van der Waals surface area contributed by atoms with E-state index in [0.717, 1.165) is 23.9 Å². The van der Waals surface area contributed by atoms with Crippen molar-refractivity contribution in [1.29, 1.82) is 0 Å². The van der Waals surface area contributed by atoms with Gasteiger partial charge in [0.05, 0.1) is 5.60 Å². The third-order valence-electron chi connectivity index (χ3n) is 4.88. The SMILES string of the molecule is Cc1ccc(C(N)C2CCOC3(CCC3)C2)cc1Br. The molecule has 3 rings (SSSR count). The van der Waals surface area contributed by atoms with Gasteiger partial charge in [-0.25, -0.2) is 0 Å².